The van der Waals surface area contributed by atoms with Crippen LogP contribution in [0.3, 0.4) is 0 Å². The summed E-state index contributed by atoms with van der Waals surface area (Å²) in [4.78, 5) is 2.45. The summed E-state index contributed by atoms with van der Waals surface area (Å²) in [5.41, 5.74) is 14.5. The van der Waals surface area contributed by atoms with Crippen LogP contribution in [-0.2, 0) is 5.41 Å². The van der Waals surface area contributed by atoms with Gasteiger partial charge in [0.05, 0.1) is 0 Å². The van der Waals surface area contributed by atoms with Crippen molar-refractivity contribution in [2.75, 3.05) is 4.90 Å². The molecule has 182 valence electrons. The molecule has 3 aromatic carbocycles. The van der Waals surface area contributed by atoms with Gasteiger partial charge < -0.3 is 4.90 Å². The molecule has 0 aliphatic heterocycles. The highest BCUT2D eigenvalue weighted by Crippen LogP contribution is 2.50. The highest BCUT2D eigenvalue weighted by molar-refractivity contribution is 5.84. The fraction of sp³-hybridized carbons (Fsp3) is 0.257. The van der Waals surface area contributed by atoms with Gasteiger partial charge in [0.25, 0.3) is 0 Å². The standard InChI is InChI=1S/C35H37N/c1-7-9-26(8-2)27-13-17-29(18-14-27)36(28-15-10-24(3)11-16-28)30-19-21-32-31-20-12-25(4)22-33(31)35(5,6)34(32)23-30/h8-10,12-15,17-23H,2,7,11,16H2,1,3-6H3/b26-9+. The molecule has 0 bridgehead atoms. The van der Waals surface area contributed by atoms with Crippen LogP contribution in [0.2, 0.25) is 0 Å². The van der Waals surface area contributed by atoms with Gasteiger partial charge in [0.15, 0.2) is 0 Å². The quantitative estimate of drug-likeness (QED) is 0.323. The predicted molar refractivity (Wildman–Crippen MR) is 157 cm³/mol. The second-order valence-electron chi connectivity index (χ2n) is 10.7. The summed E-state index contributed by atoms with van der Waals surface area (Å²) >= 11 is 0. The van der Waals surface area contributed by atoms with Crippen LogP contribution in [0.1, 0.15) is 69.2 Å². The molecule has 1 heteroatoms. The molecular weight excluding hydrogens is 434 g/mol. The summed E-state index contributed by atoms with van der Waals surface area (Å²) in [6.07, 6.45) is 11.9. The molecule has 0 N–H and O–H groups in total. The third kappa shape index (κ3) is 4.17. The van der Waals surface area contributed by atoms with Gasteiger partial charge in [-0.05, 0) is 96.8 Å². The molecule has 2 aliphatic rings. The highest BCUT2D eigenvalue weighted by Gasteiger charge is 2.36. The third-order valence-corrected chi connectivity index (χ3v) is 7.80. The van der Waals surface area contributed by atoms with Gasteiger partial charge in [0.1, 0.15) is 0 Å². The van der Waals surface area contributed by atoms with E-state index in [0.29, 0.717) is 0 Å². The van der Waals surface area contributed by atoms with Crippen LogP contribution in [0.4, 0.5) is 11.4 Å². The van der Waals surface area contributed by atoms with Crippen LogP contribution in [0.15, 0.2) is 103 Å². The first kappa shape index (κ1) is 24.1. The van der Waals surface area contributed by atoms with Crippen molar-refractivity contribution in [2.45, 2.75) is 59.3 Å². The average Bonchev–Trinajstić information content (AvgIpc) is 3.10. The largest absolute Gasteiger partial charge is 0.314 e. The number of nitrogens with zero attached hydrogens (tertiary/aromatic N) is 1. The fourth-order valence-electron chi connectivity index (χ4n) is 5.72. The molecule has 0 amide bonds. The van der Waals surface area contributed by atoms with Gasteiger partial charge in [-0.1, -0.05) is 93.1 Å². The normalized spacial score (nSPS) is 16.1. The number of hydrogen-bond donors (Lipinski definition) is 0. The number of allylic oxidation sites excluding steroid dienone is 7. The van der Waals surface area contributed by atoms with Crippen molar-refractivity contribution in [3.05, 3.63) is 125 Å². The summed E-state index contributed by atoms with van der Waals surface area (Å²) in [6, 6.07) is 22.9. The minimum Gasteiger partial charge on any atom is -0.314 e. The van der Waals surface area contributed by atoms with E-state index in [0.717, 1.165) is 19.3 Å². The number of aryl methyl sites for hydroxylation is 1. The topological polar surface area (TPSA) is 3.24 Å². The van der Waals surface area contributed by atoms with E-state index >= 15 is 0 Å². The molecule has 0 unspecified atom stereocenters. The fourth-order valence-corrected chi connectivity index (χ4v) is 5.72. The van der Waals surface area contributed by atoms with E-state index in [4.69, 9.17) is 0 Å². The molecule has 3 aromatic rings. The monoisotopic (exact) mass is 471 g/mol. The second kappa shape index (κ2) is 9.47. The molecule has 0 radical (unpaired) electrons. The summed E-state index contributed by atoms with van der Waals surface area (Å²) in [5, 5.41) is 0. The van der Waals surface area contributed by atoms with Crippen molar-refractivity contribution in [1.82, 2.24) is 0 Å². The third-order valence-electron chi connectivity index (χ3n) is 7.80. The lowest BCUT2D eigenvalue weighted by molar-refractivity contribution is 0.659. The molecule has 5 rings (SSSR count). The summed E-state index contributed by atoms with van der Waals surface area (Å²) in [7, 11) is 0. The Morgan fingerprint density at radius 3 is 2.17 bits per heavy atom. The van der Waals surface area contributed by atoms with Crippen LogP contribution in [0.25, 0.3) is 16.7 Å². The Morgan fingerprint density at radius 2 is 1.53 bits per heavy atom. The Labute approximate surface area is 217 Å². The summed E-state index contributed by atoms with van der Waals surface area (Å²) in [5.74, 6) is 0. The molecule has 36 heavy (non-hydrogen) atoms. The minimum atomic E-state index is -0.0243. The van der Waals surface area contributed by atoms with E-state index in [1.54, 1.807) is 0 Å². The van der Waals surface area contributed by atoms with E-state index in [-0.39, 0.29) is 5.41 Å². The van der Waals surface area contributed by atoms with Gasteiger partial charge in [-0.25, -0.2) is 0 Å². The van der Waals surface area contributed by atoms with E-state index in [1.807, 2.05) is 6.08 Å². The van der Waals surface area contributed by atoms with Crippen LogP contribution in [0.5, 0.6) is 0 Å². The summed E-state index contributed by atoms with van der Waals surface area (Å²) < 4.78 is 0. The molecular formula is C35H37N. The second-order valence-corrected chi connectivity index (χ2v) is 10.7. The van der Waals surface area contributed by atoms with E-state index < -0.39 is 0 Å². The minimum absolute atomic E-state index is 0.0243. The van der Waals surface area contributed by atoms with Gasteiger partial charge in [-0.2, -0.15) is 0 Å². The lowest BCUT2D eigenvalue weighted by Gasteiger charge is -2.31. The zero-order chi connectivity index (χ0) is 25.4. The Balaban J connectivity index is 1.62. The smallest absolute Gasteiger partial charge is 0.0461 e. The molecule has 0 aromatic heterocycles. The summed E-state index contributed by atoms with van der Waals surface area (Å²) in [6.45, 7) is 15.3. The SMILES string of the molecule is C=C/C(=C\CC)c1ccc(N(C2=CC=C(C)CC2)c2ccc3c(c2)C(C)(C)c2cc(C)ccc2-3)cc1. The van der Waals surface area contributed by atoms with Crippen LogP contribution in [-0.4, -0.2) is 0 Å². The molecule has 0 atom stereocenters. The average molecular weight is 472 g/mol. The molecule has 0 fully saturated rings. The van der Waals surface area contributed by atoms with Gasteiger partial charge in [0.2, 0.25) is 0 Å². The van der Waals surface area contributed by atoms with Gasteiger partial charge in [-0.3, -0.25) is 0 Å². The first-order valence-corrected chi connectivity index (χ1v) is 13.2. The number of benzene rings is 3. The zero-order valence-electron chi connectivity index (χ0n) is 22.4. The number of anilines is 2. The molecule has 1 nitrogen and oxygen atoms in total. The Bertz CT molecular complexity index is 1410. The van der Waals surface area contributed by atoms with Crippen molar-refractivity contribution in [2.24, 2.45) is 0 Å². The van der Waals surface area contributed by atoms with Crippen molar-refractivity contribution < 1.29 is 0 Å². The molecule has 0 heterocycles. The molecule has 0 saturated carbocycles. The number of fused-ring (bicyclic) bond motifs is 3. The predicted octanol–water partition coefficient (Wildman–Crippen LogP) is 10.0. The van der Waals surface area contributed by atoms with Crippen LogP contribution in [0, 0.1) is 6.92 Å². The van der Waals surface area contributed by atoms with E-state index in [9.17, 15) is 0 Å². The number of rotatable bonds is 6. The molecule has 0 spiro atoms. The lowest BCUT2D eigenvalue weighted by Crippen LogP contribution is -2.20. The highest BCUT2D eigenvalue weighted by atomic mass is 15.1. The van der Waals surface area contributed by atoms with Gasteiger partial charge >= 0.3 is 0 Å². The first-order valence-electron chi connectivity index (χ1n) is 13.2. The van der Waals surface area contributed by atoms with Crippen molar-refractivity contribution in [3.8, 4) is 11.1 Å². The van der Waals surface area contributed by atoms with Crippen LogP contribution >= 0.6 is 0 Å². The zero-order valence-corrected chi connectivity index (χ0v) is 22.4. The van der Waals surface area contributed by atoms with Crippen molar-refractivity contribution in [1.29, 1.82) is 0 Å². The van der Waals surface area contributed by atoms with E-state index in [1.165, 1.54) is 61.6 Å². The lowest BCUT2D eigenvalue weighted by atomic mass is 9.82. The maximum Gasteiger partial charge on any atom is 0.0461 e. The Morgan fingerprint density at radius 1 is 0.861 bits per heavy atom. The van der Waals surface area contributed by atoms with E-state index in [2.05, 4.69) is 125 Å². The van der Waals surface area contributed by atoms with Crippen molar-refractivity contribution >= 4 is 16.9 Å². The van der Waals surface area contributed by atoms with Gasteiger partial charge in [-0.15, -0.1) is 0 Å². The maximum atomic E-state index is 4.02. The first-order chi connectivity index (χ1) is 17.3. The Kier molecular flexibility index (Phi) is 6.35. The maximum absolute atomic E-state index is 4.02. The molecule has 0 saturated heterocycles. The van der Waals surface area contributed by atoms with Crippen molar-refractivity contribution in [3.63, 3.8) is 0 Å². The Hall–Kier alpha value is -3.58. The van der Waals surface area contributed by atoms with Crippen LogP contribution < -0.4 is 4.90 Å². The molecule has 2 aliphatic carbocycles. The number of hydrogen-bond acceptors (Lipinski definition) is 1. The van der Waals surface area contributed by atoms with Gasteiger partial charge in [0, 0.05) is 22.5 Å².